The fourth-order valence-electron chi connectivity index (χ4n) is 2.00. The maximum absolute atomic E-state index is 5.77. The van der Waals surface area contributed by atoms with Gasteiger partial charge in [-0.25, -0.2) is 0 Å². The minimum absolute atomic E-state index is 0.300. The normalized spacial score (nSPS) is 21.2. The lowest BCUT2D eigenvalue weighted by Crippen LogP contribution is -2.49. The van der Waals surface area contributed by atoms with Gasteiger partial charge in [-0.15, -0.1) is 0 Å². The highest BCUT2D eigenvalue weighted by atomic mass is 79.9. The van der Waals surface area contributed by atoms with Crippen molar-refractivity contribution < 1.29 is 4.74 Å². The third-order valence-corrected chi connectivity index (χ3v) is 3.86. The second-order valence-corrected chi connectivity index (χ2v) is 4.95. The molecule has 0 spiro atoms. The number of benzene rings is 1. The average molecular weight is 285 g/mol. The van der Waals surface area contributed by atoms with Crippen LogP contribution in [0.5, 0.6) is 0 Å². The van der Waals surface area contributed by atoms with Gasteiger partial charge in [-0.2, -0.15) is 0 Å². The van der Waals surface area contributed by atoms with Gasteiger partial charge in [0, 0.05) is 23.2 Å². The summed E-state index contributed by atoms with van der Waals surface area (Å²) in [6.45, 7) is 5.17. The molecule has 1 aliphatic rings. The molecule has 3 nitrogen and oxygen atoms in total. The Morgan fingerprint density at radius 3 is 3.06 bits per heavy atom. The zero-order valence-corrected chi connectivity index (χ0v) is 11.0. The van der Waals surface area contributed by atoms with Crippen LogP contribution in [0.1, 0.15) is 5.56 Å². The summed E-state index contributed by atoms with van der Waals surface area (Å²) in [6, 6.07) is 6.71. The second kappa shape index (κ2) is 5.17. The Kier molecular flexibility index (Phi) is 3.84. The second-order valence-electron chi connectivity index (χ2n) is 4.09. The molecule has 1 saturated heterocycles. The number of nitrogens with zero attached hydrogens (tertiary/aromatic N) is 1. The van der Waals surface area contributed by atoms with E-state index in [2.05, 4.69) is 46.0 Å². The summed E-state index contributed by atoms with van der Waals surface area (Å²) in [5, 5.41) is 0. The third-order valence-electron chi connectivity index (χ3n) is 2.97. The SMILES string of the molecule is Cc1cc(N2CCOCC2CN)ccc1Br. The number of morpholine rings is 1. The lowest BCUT2D eigenvalue weighted by atomic mass is 10.1. The molecule has 1 aliphatic heterocycles. The van der Waals surface area contributed by atoms with Crippen molar-refractivity contribution in [2.24, 2.45) is 5.73 Å². The Morgan fingerprint density at radius 2 is 2.38 bits per heavy atom. The van der Waals surface area contributed by atoms with E-state index in [0.717, 1.165) is 24.2 Å². The Balaban J connectivity index is 2.23. The van der Waals surface area contributed by atoms with E-state index < -0.39 is 0 Å². The molecule has 4 heteroatoms. The van der Waals surface area contributed by atoms with Gasteiger partial charge in [0.1, 0.15) is 0 Å². The Hall–Kier alpha value is -0.580. The smallest absolute Gasteiger partial charge is 0.0683 e. The molecule has 0 radical (unpaired) electrons. The molecule has 2 rings (SSSR count). The van der Waals surface area contributed by atoms with Crippen LogP contribution in [0.4, 0.5) is 5.69 Å². The van der Waals surface area contributed by atoms with Crippen LogP contribution in [-0.2, 0) is 4.74 Å². The van der Waals surface area contributed by atoms with Crippen LogP contribution in [-0.4, -0.2) is 32.3 Å². The number of ether oxygens (including phenoxy) is 1. The molecule has 1 aromatic carbocycles. The zero-order valence-electron chi connectivity index (χ0n) is 9.45. The van der Waals surface area contributed by atoms with E-state index in [0.29, 0.717) is 12.6 Å². The topological polar surface area (TPSA) is 38.5 Å². The molecule has 0 aromatic heterocycles. The predicted octanol–water partition coefficient (Wildman–Crippen LogP) is 1.92. The average Bonchev–Trinajstić information content (AvgIpc) is 2.32. The minimum atomic E-state index is 0.300. The predicted molar refractivity (Wildman–Crippen MR) is 69.9 cm³/mol. The zero-order chi connectivity index (χ0) is 11.5. The monoisotopic (exact) mass is 284 g/mol. The molecule has 2 N–H and O–H groups in total. The van der Waals surface area contributed by atoms with Crippen LogP contribution in [0.2, 0.25) is 0 Å². The lowest BCUT2D eigenvalue weighted by molar-refractivity contribution is 0.0963. The highest BCUT2D eigenvalue weighted by Gasteiger charge is 2.21. The van der Waals surface area contributed by atoms with Gasteiger partial charge in [0.2, 0.25) is 0 Å². The number of halogens is 1. The highest BCUT2D eigenvalue weighted by molar-refractivity contribution is 9.10. The van der Waals surface area contributed by atoms with Gasteiger partial charge in [-0.3, -0.25) is 0 Å². The number of hydrogen-bond acceptors (Lipinski definition) is 3. The first-order chi connectivity index (χ1) is 7.72. The van der Waals surface area contributed by atoms with Crippen molar-refractivity contribution >= 4 is 21.6 Å². The number of aryl methyl sites for hydroxylation is 1. The summed E-state index contributed by atoms with van der Waals surface area (Å²) in [5.74, 6) is 0. The number of nitrogens with two attached hydrogens (primary N) is 1. The molecule has 1 aromatic rings. The van der Waals surface area contributed by atoms with Crippen LogP contribution in [0.25, 0.3) is 0 Å². The van der Waals surface area contributed by atoms with Gasteiger partial charge in [-0.05, 0) is 30.7 Å². The molecule has 88 valence electrons. The van der Waals surface area contributed by atoms with Crippen molar-refractivity contribution in [2.45, 2.75) is 13.0 Å². The molecule has 0 aliphatic carbocycles. The summed E-state index contributed by atoms with van der Waals surface area (Å²) < 4.78 is 6.59. The fourth-order valence-corrected chi connectivity index (χ4v) is 2.24. The van der Waals surface area contributed by atoms with Crippen LogP contribution in [0, 0.1) is 6.92 Å². The van der Waals surface area contributed by atoms with Crippen molar-refractivity contribution in [3.05, 3.63) is 28.2 Å². The first-order valence-electron chi connectivity index (χ1n) is 5.53. The summed E-state index contributed by atoms with van der Waals surface area (Å²) in [7, 11) is 0. The van der Waals surface area contributed by atoms with E-state index in [9.17, 15) is 0 Å². The Morgan fingerprint density at radius 1 is 1.56 bits per heavy atom. The van der Waals surface area contributed by atoms with E-state index >= 15 is 0 Å². The third kappa shape index (κ3) is 2.39. The first kappa shape index (κ1) is 11.9. The summed E-state index contributed by atoms with van der Waals surface area (Å²) in [4.78, 5) is 2.34. The van der Waals surface area contributed by atoms with E-state index in [1.165, 1.54) is 11.3 Å². The molecule has 1 heterocycles. The van der Waals surface area contributed by atoms with Gasteiger partial charge in [0.25, 0.3) is 0 Å². The number of rotatable bonds is 2. The fraction of sp³-hybridized carbons (Fsp3) is 0.500. The van der Waals surface area contributed by atoms with Gasteiger partial charge in [0.05, 0.1) is 19.3 Å². The molecule has 1 unspecified atom stereocenters. The summed E-state index contributed by atoms with van der Waals surface area (Å²) in [6.07, 6.45) is 0. The largest absolute Gasteiger partial charge is 0.377 e. The summed E-state index contributed by atoms with van der Waals surface area (Å²) in [5.41, 5.74) is 8.25. The summed E-state index contributed by atoms with van der Waals surface area (Å²) >= 11 is 3.52. The number of hydrogen-bond donors (Lipinski definition) is 1. The van der Waals surface area contributed by atoms with E-state index in [1.54, 1.807) is 0 Å². The van der Waals surface area contributed by atoms with Crippen molar-refractivity contribution in [1.29, 1.82) is 0 Å². The molecular weight excluding hydrogens is 268 g/mol. The Bertz CT molecular complexity index is 370. The van der Waals surface area contributed by atoms with Crippen molar-refractivity contribution in [3.8, 4) is 0 Å². The minimum Gasteiger partial charge on any atom is -0.377 e. The standard InChI is InChI=1S/C12H17BrN2O/c1-9-6-10(2-3-12(9)13)15-4-5-16-8-11(15)7-14/h2-3,6,11H,4-5,7-8,14H2,1H3. The molecule has 16 heavy (non-hydrogen) atoms. The Labute approximate surface area is 105 Å². The molecule has 1 atom stereocenters. The van der Waals surface area contributed by atoms with Crippen LogP contribution in [0.15, 0.2) is 22.7 Å². The highest BCUT2D eigenvalue weighted by Crippen LogP contribution is 2.25. The molecule has 1 fully saturated rings. The van der Waals surface area contributed by atoms with Gasteiger partial charge in [-0.1, -0.05) is 15.9 Å². The van der Waals surface area contributed by atoms with Crippen LogP contribution in [0.3, 0.4) is 0 Å². The van der Waals surface area contributed by atoms with E-state index in [-0.39, 0.29) is 0 Å². The van der Waals surface area contributed by atoms with Crippen LogP contribution >= 0.6 is 15.9 Å². The quantitative estimate of drug-likeness (QED) is 0.902. The van der Waals surface area contributed by atoms with Gasteiger partial charge in [0.15, 0.2) is 0 Å². The van der Waals surface area contributed by atoms with E-state index in [1.807, 2.05) is 0 Å². The van der Waals surface area contributed by atoms with Crippen molar-refractivity contribution in [3.63, 3.8) is 0 Å². The number of anilines is 1. The molecular formula is C12H17BrN2O. The van der Waals surface area contributed by atoms with Crippen molar-refractivity contribution in [1.82, 2.24) is 0 Å². The first-order valence-corrected chi connectivity index (χ1v) is 6.32. The van der Waals surface area contributed by atoms with Gasteiger partial charge < -0.3 is 15.4 Å². The molecule has 0 saturated carbocycles. The van der Waals surface area contributed by atoms with Crippen molar-refractivity contribution in [2.75, 3.05) is 31.2 Å². The maximum Gasteiger partial charge on any atom is 0.0683 e. The van der Waals surface area contributed by atoms with E-state index in [4.69, 9.17) is 10.5 Å². The van der Waals surface area contributed by atoms with Crippen LogP contribution < -0.4 is 10.6 Å². The molecule has 0 amide bonds. The maximum atomic E-state index is 5.77. The lowest BCUT2D eigenvalue weighted by Gasteiger charge is -2.37. The van der Waals surface area contributed by atoms with Gasteiger partial charge >= 0.3 is 0 Å². The molecule has 0 bridgehead atoms.